The third-order valence-electron chi connectivity index (χ3n) is 4.22. The molecule has 1 aromatic rings. The summed E-state index contributed by atoms with van der Waals surface area (Å²) in [7, 11) is 0. The predicted octanol–water partition coefficient (Wildman–Crippen LogP) is 4.12. The summed E-state index contributed by atoms with van der Waals surface area (Å²) >= 11 is 3.36. The number of nitrogens with one attached hydrogen (secondary N) is 1. The van der Waals surface area contributed by atoms with Gasteiger partial charge >= 0.3 is 0 Å². The molecule has 0 aliphatic heterocycles. The van der Waals surface area contributed by atoms with Crippen LogP contribution in [0.5, 0.6) is 0 Å². The van der Waals surface area contributed by atoms with Crippen molar-refractivity contribution >= 4 is 27.5 Å². The molecule has 1 aliphatic carbocycles. The third-order valence-corrected chi connectivity index (χ3v) is 4.72. The van der Waals surface area contributed by atoms with Gasteiger partial charge in [-0.25, -0.2) is 0 Å². The number of benzene rings is 1. The summed E-state index contributed by atoms with van der Waals surface area (Å²) in [6, 6.07) is 5.60. The van der Waals surface area contributed by atoms with Crippen LogP contribution in [0.1, 0.15) is 55.8 Å². The number of halogens is 1. The summed E-state index contributed by atoms with van der Waals surface area (Å²) in [6.45, 7) is 2.11. The molecule has 4 heteroatoms. The Balaban J connectivity index is 1.99. The van der Waals surface area contributed by atoms with Crippen molar-refractivity contribution in [3.63, 3.8) is 0 Å². The van der Waals surface area contributed by atoms with E-state index in [9.17, 15) is 4.79 Å². The highest BCUT2D eigenvalue weighted by atomic mass is 79.9. The van der Waals surface area contributed by atoms with Crippen LogP contribution in [0.25, 0.3) is 0 Å². The molecule has 0 bridgehead atoms. The van der Waals surface area contributed by atoms with Gasteiger partial charge in [-0.3, -0.25) is 4.79 Å². The Hall–Kier alpha value is -1.03. The molecule has 0 spiro atoms. The van der Waals surface area contributed by atoms with Gasteiger partial charge in [0.1, 0.15) is 0 Å². The van der Waals surface area contributed by atoms with E-state index in [2.05, 4.69) is 28.2 Å². The van der Waals surface area contributed by atoms with E-state index < -0.39 is 0 Å². The lowest BCUT2D eigenvalue weighted by molar-refractivity contribution is 0.0925. The maximum absolute atomic E-state index is 12.3. The largest absolute Gasteiger partial charge is 0.398 e. The predicted molar refractivity (Wildman–Crippen MR) is 86.7 cm³/mol. The Labute approximate surface area is 129 Å². The number of anilines is 1. The van der Waals surface area contributed by atoms with Gasteiger partial charge < -0.3 is 11.1 Å². The number of hydrogen-bond acceptors (Lipinski definition) is 2. The first-order chi connectivity index (χ1) is 9.58. The van der Waals surface area contributed by atoms with Crippen molar-refractivity contribution in [3.05, 3.63) is 28.2 Å². The van der Waals surface area contributed by atoms with Crippen molar-refractivity contribution in [1.29, 1.82) is 0 Å². The van der Waals surface area contributed by atoms with Gasteiger partial charge in [0.2, 0.25) is 0 Å². The number of nitrogens with two attached hydrogens (primary N) is 1. The normalized spacial score (nSPS) is 18.3. The first-order valence-corrected chi connectivity index (χ1v) is 8.23. The van der Waals surface area contributed by atoms with Crippen LogP contribution in [0.15, 0.2) is 22.7 Å². The summed E-state index contributed by atoms with van der Waals surface area (Å²) < 4.78 is 0.892. The van der Waals surface area contributed by atoms with Crippen LogP contribution < -0.4 is 11.1 Å². The van der Waals surface area contributed by atoms with Crippen molar-refractivity contribution in [1.82, 2.24) is 5.32 Å². The molecule has 0 saturated heterocycles. The lowest BCUT2D eigenvalue weighted by Crippen LogP contribution is -2.38. The Morgan fingerprint density at radius 1 is 1.30 bits per heavy atom. The maximum Gasteiger partial charge on any atom is 0.253 e. The van der Waals surface area contributed by atoms with Crippen molar-refractivity contribution in [2.75, 3.05) is 5.73 Å². The van der Waals surface area contributed by atoms with E-state index >= 15 is 0 Å². The molecular formula is C16H23BrN2O. The number of nitrogen functional groups attached to an aromatic ring is 1. The quantitative estimate of drug-likeness (QED) is 0.643. The van der Waals surface area contributed by atoms with Crippen LogP contribution in [0.4, 0.5) is 5.69 Å². The van der Waals surface area contributed by atoms with Gasteiger partial charge in [0.05, 0.1) is 5.56 Å². The zero-order valence-electron chi connectivity index (χ0n) is 12.0. The second-order valence-corrected chi connectivity index (χ2v) is 6.66. The van der Waals surface area contributed by atoms with Crippen LogP contribution in [0.3, 0.4) is 0 Å². The van der Waals surface area contributed by atoms with E-state index in [0.717, 1.165) is 4.47 Å². The van der Waals surface area contributed by atoms with Gasteiger partial charge in [-0.05, 0) is 43.9 Å². The Kier molecular flexibility index (Phi) is 5.46. The summed E-state index contributed by atoms with van der Waals surface area (Å²) in [5.41, 5.74) is 6.99. The van der Waals surface area contributed by atoms with E-state index in [1.807, 2.05) is 6.07 Å². The topological polar surface area (TPSA) is 55.1 Å². The Morgan fingerprint density at radius 2 is 1.95 bits per heavy atom. The molecule has 0 unspecified atom stereocenters. The van der Waals surface area contributed by atoms with E-state index in [1.165, 1.54) is 38.5 Å². The maximum atomic E-state index is 12.3. The van der Waals surface area contributed by atoms with Gasteiger partial charge in [-0.2, -0.15) is 0 Å². The minimum absolute atomic E-state index is 0.0632. The first-order valence-electron chi connectivity index (χ1n) is 7.44. The van der Waals surface area contributed by atoms with Gasteiger partial charge in [-0.1, -0.05) is 41.6 Å². The third kappa shape index (κ3) is 3.98. The van der Waals surface area contributed by atoms with E-state index in [0.29, 0.717) is 17.2 Å². The summed E-state index contributed by atoms with van der Waals surface area (Å²) in [4.78, 5) is 12.3. The molecule has 3 nitrogen and oxygen atoms in total. The highest BCUT2D eigenvalue weighted by Crippen LogP contribution is 2.26. The monoisotopic (exact) mass is 338 g/mol. The molecule has 1 atom stereocenters. The average molecular weight is 339 g/mol. The fraction of sp³-hybridized carbons (Fsp3) is 0.562. The summed E-state index contributed by atoms with van der Waals surface area (Å²) in [6.07, 6.45) is 7.67. The van der Waals surface area contributed by atoms with Crippen molar-refractivity contribution < 1.29 is 4.79 Å². The van der Waals surface area contributed by atoms with Crippen LogP contribution in [0.2, 0.25) is 0 Å². The fourth-order valence-corrected chi connectivity index (χ4v) is 3.33. The minimum atomic E-state index is -0.0632. The molecule has 2 rings (SSSR count). The second-order valence-electron chi connectivity index (χ2n) is 5.75. The Morgan fingerprint density at radius 3 is 2.55 bits per heavy atom. The standard InChI is InChI=1S/C16H23BrN2O/c1-11(12-6-4-2-3-5-7-12)19-16(20)14-9-8-13(17)10-15(14)18/h8-12H,2-7,18H2,1H3,(H,19,20)/t11-/m0/s1. The lowest BCUT2D eigenvalue weighted by atomic mass is 9.93. The smallest absolute Gasteiger partial charge is 0.253 e. The SMILES string of the molecule is C[C@H](NC(=O)c1ccc(Br)cc1N)C1CCCCCC1. The molecule has 0 heterocycles. The molecule has 1 aliphatic rings. The summed E-state index contributed by atoms with van der Waals surface area (Å²) in [5, 5.41) is 3.12. The number of hydrogen-bond donors (Lipinski definition) is 2. The van der Waals surface area contributed by atoms with Gasteiger partial charge in [0.25, 0.3) is 5.91 Å². The second kappa shape index (κ2) is 7.11. The highest BCUT2D eigenvalue weighted by Gasteiger charge is 2.21. The number of amides is 1. The zero-order chi connectivity index (χ0) is 14.5. The molecule has 20 heavy (non-hydrogen) atoms. The fourth-order valence-electron chi connectivity index (χ4n) is 2.95. The highest BCUT2D eigenvalue weighted by molar-refractivity contribution is 9.10. The van der Waals surface area contributed by atoms with Crippen LogP contribution >= 0.6 is 15.9 Å². The van der Waals surface area contributed by atoms with Gasteiger partial charge in [0, 0.05) is 16.2 Å². The van der Waals surface area contributed by atoms with E-state index in [1.54, 1.807) is 12.1 Å². The van der Waals surface area contributed by atoms with Crippen LogP contribution in [-0.4, -0.2) is 11.9 Å². The number of rotatable bonds is 3. The molecule has 1 saturated carbocycles. The van der Waals surface area contributed by atoms with Crippen LogP contribution in [-0.2, 0) is 0 Å². The van der Waals surface area contributed by atoms with E-state index in [-0.39, 0.29) is 11.9 Å². The molecule has 0 aromatic heterocycles. The minimum Gasteiger partial charge on any atom is -0.398 e. The van der Waals surface area contributed by atoms with E-state index in [4.69, 9.17) is 5.73 Å². The molecule has 1 aromatic carbocycles. The molecule has 0 radical (unpaired) electrons. The molecular weight excluding hydrogens is 316 g/mol. The average Bonchev–Trinajstić information content (AvgIpc) is 2.67. The Bertz CT molecular complexity index is 468. The molecule has 1 amide bonds. The summed E-state index contributed by atoms with van der Waals surface area (Å²) in [5.74, 6) is 0.532. The van der Waals surface area contributed by atoms with Crippen molar-refractivity contribution in [2.24, 2.45) is 5.92 Å². The molecule has 1 fully saturated rings. The first kappa shape index (κ1) is 15.4. The number of carbonyl (C=O) groups excluding carboxylic acids is 1. The number of carbonyl (C=O) groups is 1. The molecule has 110 valence electrons. The van der Waals surface area contributed by atoms with Gasteiger partial charge in [0.15, 0.2) is 0 Å². The van der Waals surface area contributed by atoms with Gasteiger partial charge in [-0.15, -0.1) is 0 Å². The zero-order valence-corrected chi connectivity index (χ0v) is 13.6. The lowest BCUT2D eigenvalue weighted by Gasteiger charge is -2.23. The van der Waals surface area contributed by atoms with Crippen LogP contribution in [0, 0.1) is 5.92 Å². The van der Waals surface area contributed by atoms with Crippen molar-refractivity contribution in [3.8, 4) is 0 Å². The molecule has 3 N–H and O–H groups in total. The van der Waals surface area contributed by atoms with Crippen molar-refractivity contribution in [2.45, 2.75) is 51.5 Å².